The minimum Gasteiger partial charge on any atom is -0.481 e. The lowest BCUT2D eigenvalue weighted by molar-refractivity contribution is -0.142. The van der Waals surface area contributed by atoms with Crippen molar-refractivity contribution < 1.29 is 14.7 Å². The van der Waals surface area contributed by atoms with Crippen molar-refractivity contribution >= 4 is 11.8 Å². The Morgan fingerprint density at radius 3 is 1.94 bits per heavy atom. The molecule has 3 heteroatoms. The Balaban J connectivity index is 3.09. The van der Waals surface area contributed by atoms with E-state index in [0.717, 1.165) is 11.1 Å². The molecule has 0 aromatic heterocycles. The number of aliphatic carboxylic acids is 1. The fraction of sp³-hybridized carbons (Fsp3) is 0.429. The lowest BCUT2D eigenvalue weighted by atomic mass is 9.85. The number of hydrogen-bond acceptors (Lipinski definition) is 2. The Bertz CT molecular complexity index is 429. The number of carbonyl (C=O) groups is 2. The van der Waals surface area contributed by atoms with Gasteiger partial charge in [-0.05, 0) is 25.0 Å². The topological polar surface area (TPSA) is 54.4 Å². The monoisotopic (exact) mass is 234 g/mol. The first-order valence-corrected chi connectivity index (χ1v) is 5.69. The summed E-state index contributed by atoms with van der Waals surface area (Å²) in [5.41, 5.74) is 2.46. The number of ketones is 1. The Hall–Kier alpha value is -1.64. The second-order valence-corrected chi connectivity index (χ2v) is 4.55. The molecule has 1 aromatic carbocycles. The molecule has 0 heterocycles. The van der Waals surface area contributed by atoms with E-state index in [-0.39, 0.29) is 5.78 Å². The molecule has 0 saturated carbocycles. The second-order valence-electron chi connectivity index (χ2n) is 4.55. The van der Waals surface area contributed by atoms with Gasteiger partial charge in [0.05, 0.1) is 5.92 Å². The minimum atomic E-state index is -0.933. The van der Waals surface area contributed by atoms with E-state index in [9.17, 15) is 9.59 Å². The van der Waals surface area contributed by atoms with E-state index in [1.807, 2.05) is 32.0 Å². The summed E-state index contributed by atoms with van der Waals surface area (Å²) >= 11 is 0. The van der Waals surface area contributed by atoms with Gasteiger partial charge in [-0.15, -0.1) is 0 Å². The van der Waals surface area contributed by atoms with E-state index in [1.165, 1.54) is 0 Å². The molecule has 0 saturated heterocycles. The van der Waals surface area contributed by atoms with Crippen LogP contribution in [0.5, 0.6) is 0 Å². The number of aryl methyl sites for hydroxylation is 2. The van der Waals surface area contributed by atoms with Gasteiger partial charge in [-0.25, -0.2) is 0 Å². The van der Waals surface area contributed by atoms with Crippen LogP contribution in [0.25, 0.3) is 0 Å². The molecule has 0 spiro atoms. The summed E-state index contributed by atoms with van der Waals surface area (Å²) in [5.74, 6) is -2.19. The number of Topliss-reactive ketones (excluding diaryl/α,β-unsaturated/α-hetero) is 1. The molecule has 1 rings (SSSR count). The van der Waals surface area contributed by atoms with Crippen LogP contribution >= 0.6 is 0 Å². The largest absolute Gasteiger partial charge is 0.481 e. The number of carbonyl (C=O) groups excluding carboxylic acids is 1. The van der Waals surface area contributed by atoms with E-state index in [0.29, 0.717) is 5.56 Å². The summed E-state index contributed by atoms with van der Waals surface area (Å²) in [6.07, 6.45) is 0. The third-order valence-electron chi connectivity index (χ3n) is 3.28. The third kappa shape index (κ3) is 2.73. The summed E-state index contributed by atoms with van der Waals surface area (Å²) < 4.78 is 0. The van der Waals surface area contributed by atoms with E-state index in [4.69, 9.17) is 5.11 Å². The van der Waals surface area contributed by atoms with Gasteiger partial charge in [-0.3, -0.25) is 9.59 Å². The van der Waals surface area contributed by atoms with Crippen LogP contribution in [-0.2, 0) is 4.79 Å². The summed E-state index contributed by atoms with van der Waals surface area (Å²) in [6, 6.07) is 5.64. The van der Waals surface area contributed by atoms with Crippen molar-refractivity contribution in [2.24, 2.45) is 11.8 Å². The van der Waals surface area contributed by atoms with Crippen LogP contribution in [0.2, 0.25) is 0 Å². The summed E-state index contributed by atoms with van der Waals surface area (Å²) in [6.45, 7) is 6.99. The maximum Gasteiger partial charge on any atom is 0.306 e. The average molecular weight is 234 g/mol. The zero-order valence-corrected chi connectivity index (χ0v) is 10.7. The minimum absolute atomic E-state index is 0.0875. The molecule has 0 aliphatic rings. The van der Waals surface area contributed by atoms with Crippen molar-refractivity contribution in [3.05, 3.63) is 34.9 Å². The molecule has 0 fully saturated rings. The summed E-state index contributed by atoms with van der Waals surface area (Å²) in [4.78, 5) is 23.2. The van der Waals surface area contributed by atoms with E-state index >= 15 is 0 Å². The van der Waals surface area contributed by atoms with Crippen molar-refractivity contribution in [2.45, 2.75) is 27.7 Å². The molecule has 2 unspecified atom stereocenters. The Labute approximate surface area is 101 Å². The zero-order chi connectivity index (χ0) is 13.2. The van der Waals surface area contributed by atoms with Crippen molar-refractivity contribution in [1.29, 1.82) is 0 Å². The van der Waals surface area contributed by atoms with Gasteiger partial charge in [0.2, 0.25) is 0 Å². The predicted molar refractivity (Wildman–Crippen MR) is 66.2 cm³/mol. The second kappa shape index (κ2) is 5.13. The molecule has 0 amide bonds. The van der Waals surface area contributed by atoms with Gasteiger partial charge in [0.15, 0.2) is 5.78 Å². The number of benzene rings is 1. The normalized spacial score (nSPS) is 14.1. The van der Waals surface area contributed by atoms with E-state index < -0.39 is 17.8 Å². The van der Waals surface area contributed by atoms with E-state index in [2.05, 4.69) is 0 Å². The Kier molecular flexibility index (Phi) is 4.05. The van der Waals surface area contributed by atoms with Crippen LogP contribution in [0.15, 0.2) is 18.2 Å². The lowest BCUT2D eigenvalue weighted by Gasteiger charge is -2.17. The summed E-state index contributed by atoms with van der Waals surface area (Å²) in [7, 11) is 0. The molecule has 0 aliphatic carbocycles. The highest BCUT2D eigenvalue weighted by atomic mass is 16.4. The van der Waals surface area contributed by atoms with Gasteiger partial charge in [0.1, 0.15) is 0 Å². The van der Waals surface area contributed by atoms with Crippen molar-refractivity contribution in [3.63, 3.8) is 0 Å². The lowest BCUT2D eigenvalue weighted by Crippen LogP contribution is -2.26. The summed E-state index contributed by atoms with van der Waals surface area (Å²) in [5, 5.41) is 8.93. The van der Waals surface area contributed by atoms with Gasteiger partial charge in [-0.1, -0.05) is 32.0 Å². The molecule has 92 valence electrons. The van der Waals surface area contributed by atoms with Gasteiger partial charge >= 0.3 is 5.97 Å². The van der Waals surface area contributed by atoms with Crippen molar-refractivity contribution in [3.8, 4) is 0 Å². The quantitative estimate of drug-likeness (QED) is 0.815. The molecule has 0 radical (unpaired) electrons. The van der Waals surface area contributed by atoms with Crippen molar-refractivity contribution in [2.75, 3.05) is 0 Å². The number of carboxylic acids is 1. The molecule has 17 heavy (non-hydrogen) atoms. The Morgan fingerprint density at radius 1 is 1.06 bits per heavy atom. The van der Waals surface area contributed by atoms with Gasteiger partial charge in [0.25, 0.3) is 0 Å². The van der Waals surface area contributed by atoms with Crippen LogP contribution < -0.4 is 0 Å². The SMILES string of the molecule is Cc1cccc(C)c1C(=O)C(C)C(C)C(=O)O. The fourth-order valence-corrected chi connectivity index (χ4v) is 1.87. The maximum atomic E-state index is 12.3. The predicted octanol–water partition coefficient (Wildman–Crippen LogP) is 2.84. The van der Waals surface area contributed by atoms with Crippen LogP contribution in [0.1, 0.15) is 35.3 Å². The highest BCUT2D eigenvalue weighted by Crippen LogP contribution is 2.22. The zero-order valence-electron chi connectivity index (χ0n) is 10.7. The Morgan fingerprint density at radius 2 is 1.53 bits per heavy atom. The number of hydrogen-bond donors (Lipinski definition) is 1. The number of carboxylic acid groups (broad SMARTS) is 1. The molecule has 0 aliphatic heterocycles. The van der Waals surface area contributed by atoms with Crippen molar-refractivity contribution in [1.82, 2.24) is 0 Å². The van der Waals surface area contributed by atoms with Crippen LogP contribution in [0.3, 0.4) is 0 Å². The molecular weight excluding hydrogens is 216 g/mol. The molecule has 1 N–H and O–H groups in total. The van der Waals surface area contributed by atoms with Gasteiger partial charge in [-0.2, -0.15) is 0 Å². The van der Waals surface area contributed by atoms with Crippen LogP contribution in [0, 0.1) is 25.7 Å². The molecule has 0 bridgehead atoms. The van der Waals surface area contributed by atoms with Gasteiger partial charge < -0.3 is 5.11 Å². The number of rotatable bonds is 4. The van der Waals surface area contributed by atoms with Gasteiger partial charge in [0, 0.05) is 11.5 Å². The molecular formula is C14H18O3. The first-order chi connectivity index (χ1) is 7.86. The molecule has 2 atom stereocenters. The highest BCUT2D eigenvalue weighted by molar-refractivity contribution is 6.01. The van der Waals surface area contributed by atoms with Crippen LogP contribution in [0.4, 0.5) is 0 Å². The smallest absolute Gasteiger partial charge is 0.306 e. The standard InChI is InChI=1S/C14H18O3/c1-8-6-5-7-9(2)12(8)13(15)10(3)11(4)14(16)17/h5-7,10-11H,1-4H3,(H,16,17). The maximum absolute atomic E-state index is 12.3. The van der Waals surface area contributed by atoms with E-state index in [1.54, 1.807) is 13.8 Å². The fourth-order valence-electron chi connectivity index (χ4n) is 1.87. The first-order valence-electron chi connectivity index (χ1n) is 5.69. The molecule has 1 aromatic rings. The van der Waals surface area contributed by atoms with Crippen LogP contribution in [-0.4, -0.2) is 16.9 Å². The average Bonchev–Trinajstić information content (AvgIpc) is 2.26. The first kappa shape index (κ1) is 13.4. The molecule has 3 nitrogen and oxygen atoms in total. The third-order valence-corrected chi connectivity index (χ3v) is 3.28. The highest BCUT2D eigenvalue weighted by Gasteiger charge is 2.28.